The molecule has 4 aromatic rings. The Morgan fingerprint density at radius 3 is 2.66 bits per heavy atom. The molecule has 1 amide bonds. The fourth-order valence-corrected chi connectivity index (χ4v) is 6.27. The molecule has 0 radical (unpaired) electrons. The smallest absolute Gasteiger partial charge is 0.351 e. The largest absolute Gasteiger partial charge is 0.506 e. The van der Waals surface area contributed by atoms with Crippen LogP contribution in [0.3, 0.4) is 0 Å². The van der Waals surface area contributed by atoms with Crippen LogP contribution in [0.1, 0.15) is 76.9 Å². The van der Waals surface area contributed by atoms with Crippen LogP contribution in [-0.2, 0) is 5.41 Å². The van der Waals surface area contributed by atoms with Gasteiger partial charge in [0.2, 0.25) is 5.91 Å². The zero-order chi connectivity index (χ0) is 31.5. The van der Waals surface area contributed by atoms with E-state index in [1.807, 2.05) is 6.07 Å². The predicted molar refractivity (Wildman–Crippen MR) is 163 cm³/mol. The van der Waals surface area contributed by atoms with Crippen LogP contribution in [0.15, 0.2) is 53.9 Å². The van der Waals surface area contributed by atoms with Crippen LogP contribution in [0, 0.1) is 0 Å². The summed E-state index contributed by atoms with van der Waals surface area (Å²) in [5, 5.41) is 14.4. The number of anilines is 1. The van der Waals surface area contributed by atoms with Gasteiger partial charge in [-0.2, -0.15) is 0 Å². The fourth-order valence-electron chi connectivity index (χ4n) is 6.27. The van der Waals surface area contributed by atoms with Crippen molar-refractivity contribution in [3.63, 3.8) is 0 Å². The van der Waals surface area contributed by atoms with Crippen molar-refractivity contribution in [2.45, 2.75) is 44.9 Å². The molecule has 1 N–H and O–H groups in total. The maximum Gasteiger partial charge on any atom is 0.351 e. The molecule has 1 unspecified atom stereocenters. The van der Waals surface area contributed by atoms with Gasteiger partial charge < -0.3 is 23.6 Å². The number of allylic oxidation sites excluding steroid dienone is 1. The second-order valence-corrected chi connectivity index (χ2v) is 11.8. The minimum absolute atomic E-state index is 0.0700. The molecule has 0 bridgehead atoms. The Morgan fingerprint density at radius 2 is 1.93 bits per heavy atom. The molecule has 2 aromatic carbocycles. The third-order valence-electron chi connectivity index (χ3n) is 8.63. The molecule has 0 aliphatic carbocycles. The number of benzene rings is 2. The number of azide groups is 1. The van der Waals surface area contributed by atoms with E-state index in [1.54, 1.807) is 6.07 Å². The van der Waals surface area contributed by atoms with Gasteiger partial charge in [0.25, 0.3) is 0 Å². The van der Waals surface area contributed by atoms with Crippen LogP contribution >= 0.6 is 0 Å². The lowest BCUT2D eigenvalue weighted by Crippen LogP contribution is -2.41. The highest BCUT2D eigenvalue weighted by Crippen LogP contribution is 2.50. The molecule has 2 aliphatic rings. The lowest BCUT2D eigenvalue weighted by molar-refractivity contribution is 0.0998. The second kappa shape index (κ2) is 10.4. The van der Waals surface area contributed by atoms with Crippen molar-refractivity contribution < 1.29 is 28.3 Å². The van der Waals surface area contributed by atoms with Crippen molar-refractivity contribution in [2.24, 2.45) is 5.11 Å². The molecule has 12 heteroatoms. The summed E-state index contributed by atoms with van der Waals surface area (Å²) in [6.45, 7) is 8.36. The molecular weight excluding hydrogens is 568 g/mol. The highest BCUT2D eigenvalue weighted by molar-refractivity contribution is 6.15. The molecule has 2 aliphatic heterocycles. The van der Waals surface area contributed by atoms with Crippen LogP contribution in [-0.4, -0.2) is 37.0 Å². The van der Waals surface area contributed by atoms with Crippen LogP contribution in [0.2, 0.25) is 0 Å². The van der Waals surface area contributed by atoms with E-state index in [1.165, 1.54) is 30.9 Å². The summed E-state index contributed by atoms with van der Waals surface area (Å²) in [6, 6.07) is 6.11. The SMILES string of the molecule is COc1cc(C(=O)N=[N+]=[N-])c2c(O)c(C(=O)/C=C/c3cc4cc5c6c(c4oc3=O)C(C)(C)CCN6CCC5C)c(=O)oc2c1. The highest BCUT2D eigenvalue weighted by Gasteiger charge is 2.38. The molecule has 0 fully saturated rings. The van der Waals surface area contributed by atoms with Crippen molar-refractivity contribution >= 4 is 45.4 Å². The number of aromatic hydroxyl groups is 1. The first kappa shape index (κ1) is 28.8. The van der Waals surface area contributed by atoms with Crippen molar-refractivity contribution in [2.75, 3.05) is 25.1 Å². The Labute approximate surface area is 249 Å². The van der Waals surface area contributed by atoms with Crippen LogP contribution < -0.4 is 20.9 Å². The minimum Gasteiger partial charge on any atom is -0.506 e. The van der Waals surface area contributed by atoms with Crippen LogP contribution in [0.5, 0.6) is 11.5 Å². The first-order valence-corrected chi connectivity index (χ1v) is 14.0. The van der Waals surface area contributed by atoms with E-state index < -0.39 is 34.3 Å². The number of fused-ring (bicyclic) bond motifs is 3. The number of hydrogen-bond donors (Lipinski definition) is 1. The summed E-state index contributed by atoms with van der Waals surface area (Å²) in [4.78, 5) is 56.5. The number of amides is 1. The third kappa shape index (κ3) is 4.51. The van der Waals surface area contributed by atoms with Crippen molar-refractivity contribution in [1.29, 1.82) is 0 Å². The third-order valence-corrected chi connectivity index (χ3v) is 8.63. The molecular formula is C32H28N4O8. The topological polar surface area (TPSA) is 176 Å². The van der Waals surface area contributed by atoms with E-state index in [0.29, 0.717) is 11.5 Å². The summed E-state index contributed by atoms with van der Waals surface area (Å²) >= 11 is 0. The van der Waals surface area contributed by atoms with Gasteiger partial charge in [-0.15, -0.1) is 0 Å². The van der Waals surface area contributed by atoms with Gasteiger partial charge in [0.1, 0.15) is 28.2 Å². The fraction of sp³-hybridized carbons (Fsp3) is 0.312. The number of carbonyl (C=O) groups excluding carboxylic acids is 2. The zero-order valence-electron chi connectivity index (χ0n) is 24.5. The number of ether oxygens (including phenoxy) is 1. The summed E-state index contributed by atoms with van der Waals surface area (Å²) < 4.78 is 16.2. The Morgan fingerprint density at radius 1 is 1.16 bits per heavy atom. The van der Waals surface area contributed by atoms with E-state index >= 15 is 0 Å². The van der Waals surface area contributed by atoms with E-state index in [-0.39, 0.29) is 33.3 Å². The Kier molecular flexibility index (Phi) is 6.81. The van der Waals surface area contributed by atoms with Gasteiger partial charge in [-0.1, -0.05) is 20.8 Å². The molecule has 0 saturated carbocycles. The standard InChI is InChI=1S/C32H28N4O8/c1-15-7-9-36-10-8-32(2,3)25-26(36)19(15)12-17-11-16(30(40)44-28(17)25)5-6-21(37)24-27(38)23-20(29(39)34-35-33)13-18(42-4)14-22(23)43-31(24)41/h5-6,11-15,38H,7-10H2,1-4H3/b6-5+. The number of rotatable bonds is 5. The molecule has 1 atom stereocenters. The van der Waals surface area contributed by atoms with Crippen molar-refractivity contribution in [3.05, 3.63) is 89.4 Å². The lowest BCUT2D eigenvalue weighted by atomic mass is 9.73. The van der Waals surface area contributed by atoms with Crippen LogP contribution in [0.4, 0.5) is 5.69 Å². The van der Waals surface area contributed by atoms with E-state index in [2.05, 4.69) is 35.7 Å². The van der Waals surface area contributed by atoms with Crippen molar-refractivity contribution in [3.8, 4) is 11.5 Å². The quantitative estimate of drug-likeness (QED) is 0.0728. The van der Waals surface area contributed by atoms with Gasteiger partial charge >= 0.3 is 11.3 Å². The van der Waals surface area contributed by atoms with E-state index in [9.17, 15) is 24.3 Å². The average Bonchev–Trinajstić information content (AvgIpc) is 2.98. The Hall–Kier alpha value is -5.35. The molecule has 6 rings (SSSR count). The molecule has 44 heavy (non-hydrogen) atoms. The highest BCUT2D eigenvalue weighted by atomic mass is 16.5. The van der Waals surface area contributed by atoms with Gasteiger partial charge in [-0.25, -0.2) is 9.59 Å². The molecule has 2 aromatic heterocycles. The molecule has 0 spiro atoms. The lowest BCUT2D eigenvalue weighted by Gasteiger charge is -2.45. The van der Waals surface area contributed by atoms with E-state index in [4.69, 9.17) is 19.1 Å². The number of methoxy groups -OCH3 is 1. The normalized spacial score (nSPS) is 17.0. The van der Waals surface area contributed by atoms with Gasteiger partial charge in [0.05, 0.1) is 18.1 Å². The second-order valence-electron chi connectivity index (χ2n) is 11.8. The van der Waals surface area contributed by atoms with Gasteiger partial charge in [0.15, 0.2) is 5.78 Å². The Balaban J connectivity index is 1.46. The first-order chi connectivity index (χ1) is 20.9. The zero-order valence-corrected chi connectivity index (χ0v) is 24.5. The molecule has 12 nitrogen and oxygen atoms in total. The average molecular weight is 597 g/mol. The maximum atomic E-state index is 13.2. The number of hydrogen-bond acceptors (Lipinski definition) is 9. The minimum atomic E-state index is -1.18. The number of carbonyl (C=O) groups is 2. The van der Waals surface area contributed by atoms with Crippen molar-refractivity contribution in [1.82, 2.24) is 0 Å². The van der Waals surface area contributed by atoms with Gasteiger partial charge in [-0.05, 0) is 70.7 Å². The summed E-state index contributed by atoms with van der Waals surface area (Å²) in [5.41, 5.74) is 9.22. The van der Waals surface area contributed by atoms with Gasteiger partial charge in [-0.3, -0.25) is 9.59 Å². The monoisotopic (exact) mass is 596 g/mol. The van der Waals surface area contributed by atoms with Crippen LogP contribution in [0.25, 0.3) is 38.5 Å². The van der Waals surface area contributed by atoms with Gasteiger partial charge in [0, 0.05) is 46.3 Å². The summed E-state index contributed by atoms with van der Waals surface area (Å²) in [6.07, 6.45) is 4.08. The number of ketones is 1. The Bertz CT molecular complexity index is 2120. The molecule has 224 valence electrons. The van der Waals surface area contributed by atoms with E-state index in [0.717, 1.165) is 48.6 Å². The summed E-state index contributed by atoms with van der Waals surface area (Å²) in [7, 11) is 1.30. The number of nitrogens with zero attached hydrogens (tertiary/aromatic N) is 4. The first-order valence-electron chi connectivity index (χ1n) is 14.0. The predicted octanol–water partition coefficient (Wildman–Crippen LogP) is 5.96. The molecule has 4 heterocycles. The maximum absolute atomic E-state index is 13.2. The molecule has 0 saturated heterocycles. The summed E-state index contributed by atoms with van der Waals surface area (Å²) in [5.74, 6) is -2.52.